The number of fused-ring (bicyclic) bond motifs is 1. The largest absolute Gasteiger partial charge is 0.481 e. The summed E-state index contributed by atoms with van der Waals surface area (Å²) in [6.07, 6.45) is 3.45. The zero-order valence-corrected chi connectivity index (χ0v) is 12.1. The molecule has 3 rings (SSSR count). The number of carbonyl (C=O) groups excluding carboxylic acids is 1. The molecular weight excluding hydrogens is 322 g/mol. The maximum atomic E-state index is 12.1. The molecule has 20 heavy (non-hydrogen) atoms. The summed E-state index contributed by atoms with van der Waals surface area (Å²) in [5.74, 6) is 0.551. The van der Waals surface area contributed by atoms with Crippen LogP contribution in [0, 0.1) is 0 Å². The molecule has 2 heterocycles. The van der Waals surface area contributed by atoms with Crippen LogP contribution in [0.3, 0.4) is 0 Å². The fourth-order valence-corrected chi connectivity index (χ4v) is 2.53. The van der Waals surface area contributed by atoms with E-state index in [2.05, 4.69) is 20.9 Å². The van der Waals surface area contributed by atoms with Crippen molar-refractivity contribution in [1.29, 1.82) is 0 Å². The van der Waals surface area contributed by atoms with E-state index >= 15 is 0 Å². The van der Waals surface area contributed by atoms with E-state index in [1.165, 1.54) is 0 Å². The molecule has 1 aromatic carbocycles. The van der Waals surface area contributed by atoms with Gasteiger partial charge in [0.05, 0.1) is 12.2 Å². The number of hydrogen-bond donors (Lipinski definition) is 1. The van der Waals surface area contributed by atoms with Gasteiger partial charge in [-0.25, -0.2) is 0 Å². The highest BCUT2D eigenvalue weighted by atomic mass is 79.9. The van der Waals surface area contributed by atoms with E-state index in [4.69, 9.17) is 10.5 Å². The number of ether oxygens (including phenoxy) is 1. The first-order valence-corrected chi connectivity index (χ1v) is 6.85. The highest BCUT2D eigenvalue weighted by Gasteiger charge is 2.25. The lowest BCUT2D eigenvalue weighted by Crippen LogP contribution is -2.38. The molecule has 0 fully saturated rings. The molecule has 0 radical (unpaired) electrons. The molecule has 0 saturated carbocycles. The number of anilines is 2. The molecule has 1 aliphatic rings. The van der Waals surface area contributed by atoms with Crippen LogP contribution >= 0.6 is 15.9 Å². The molecule has 102 valence electrons. The van der Waals surface area contributed by atoms with Gasteiger partial charge in [-0.2, -0.15) is 0 Å². The van der Waals surface area contributed by atoms with E-state index in [1.807, 2.05) is 6.07 Å². The molecule has 2 N–H and O–H groups in total. The number of rotatable bonds is 2. The summed E-state index contributed by atoms with van der Waals surface area (Å²) in [5, 5.41) is 0. The molecule has 1 aromatic heterocycles. The molecule has 1 amide bonds. The molecule has 2 aromatic rings. The number of pyridine rings is 1. The van der Waals surface area contributed by atoms with Gasteiger partial charge < -0.3 is 15.4 Å². The minimum absolute atomic E-state index is 0.0257. The number of nitrogens with two attached hydrogens (primary N) is 1. The normalized spacial score (nSPS) is 13.8. The van der Waals surface area contributed by atoms with Crippen molar-refractivity contribution in [1.82, 2.24) is 4.98 Å². The first-order chi connectivity index (χ1) is 9.63. The number of aromatic nitrogens is 1. The third-order valence-corrected chi connectivity index (χ3v) is 3.46. The van der Waals surface area contributed by atoms with Gasteiger partial charge in [-0.05, 0) is 39.7 Å². The second-order valence-electron chi connectivity index (χ2n) is 4.51. The Hall–Kier alpha value is -2.08. The van der Waals surface area contributed by atoms with E-state index < -0.39 is 0 Å². The van der Waals surface area contributed by atoms with Crippen LogP contribution in [0.15, 0.2) is 41.1 Å². The van der Waals surface area contributed by atoms with E-state index in [0.29, 0.717) is 18.0 Å². The molecule has 0 spiro atoms. The van der Waals surface area contributed by atoms with Gasteiger partial charge in [-0.3, -0.25) is 9.78 Å². The lowest BCUT2D eigenvalue weighted by atomic mass is 10.2. The molecule has 0 saturated heterocycles. The smallest absolute Gasteiger partial charge is 0.265 e. The van der Waals surface area contributed by atoms with Gasteiger partial charge in [-0.15, -0.1) is 0 Å². The van der Waals surface area contributed by atoms with Crippen LogP contribution in [-0.4, -0.2) is 17.5 Å². The molecule has 0 bridgehead atoms. The van der Waals surface area contributed by atoms with Gasteiger partial charge in [0.15, 0.2) is 6.61 Å². The zero-order chi connectivity index (χ0) is 14.1. The Bertz CT molecular complexity index is 675. The topological polar surface area (TPSA) is 68.5 Å². The zero-order valence-electron chi connectivity index (χ0n) is 10.5. The Labute approximate surface area is 124 Å². The summed E-state index contributed by atoms with van der Waals surface area (Å²) in [7, 11) is 0. The first kappa shape index (κ1) is 12.9. The highest BCUT2D eigenvalue weighted by molar-refractivity contribution is 9.10. The molecule has 0 unspecified atom stereocenters. The highest BCUT2D eigenvalue weighted by Crippen LogP contribution is 2.34. The average Bonchev–Trinajstić information content (AvgIpc) is 2.42. The number of nitrogen functional groups attached to an aromatic ring is 1. The Balaban J connectivity index is 1.95. The van der Waals surface area contributed by atoms with Crippen molar-refractivity contribution in [3.05, 3.63) is 46.7 Å². The number of benzene rings is 1. The van der Waals surface area contributed by atoms with E-state index in [9.17, 15) is 4.79 Å². The minimum atomic E-state index is -0.0813. The fraction of sp³-hybridized carbons (Fsp3) is 0.143. The van der Waals surface area contributed by atoms with Gasteiger partial charge in [0.25, 0.3) is 5.91 Å². The number of nitrogens with zero attached hydrogens (tertiary/aromatic N) is 2. The maximum Gasteiger partial charge on any atom is 0.265 e. The second kappa shape index (κ2) is 5.13. The molecule has 0 aliphatic carbocycles. The number of hydrogen-bond acceptors (Lipinski definition) is 4. The van der Waals surface area contributed by atoms with Crippen molar-refractivity contribution in [2.75, 3.05) is 17.2 Å². The van der Waals surface area contributed by atoms with Gasteiger partial charge in [0.1, 0.15) is 5.75 Å². The third kappa shape index (κ3) is 2.46. The summed E-state index contributed by atoms with van der Waals surface area (Å²) in [4.78, 5) is 17.9. The lowest BCUT2D eigenvalue weighted by Gasteiger charge is -2.29. The molecule has 0 atom stereocenters. The van der Waals surface area contributed by atoms with Crippen LogP contribution in [0.2, 0.25) is 0 Å². The predicted octanol–water partition coefficient (Wildman–Crippen LogP) is 2.35. The van der Waals surface area contributed by atoms with E-state index in [1.54, 1.807) is 35.5 Å². The van der Waals surface area contributed by atoms with Crippen LogP contribution in [0.1, 0.15) is 5.56 Å². The Morgan fingerprint density at radius 1 is 1.35 bits per heavy atom. The van der Waals surface area contributed by atoms with Gasteiger partial charge in [0, 0.05) is 28.6 Å². The van der Waals surface area contributed by atoms with Gasteiger partial charge >= 0.3 is 0 Å². The SMILES string of the molecule is Nc1ccc2c(c1)OCC(=O)N2Cc1cncc(Br)c1. The van der Waals surface area contributed by atoms with Crippen molar-refractivity contribution in [3.63, 3.8) is 0 Å². The Morgan fingerprint density at radius 2 is 2.20 bits per heavy atom. The minimum Gasteiger partial charge on any atom is -0.481 e. The number of amides is 1. The second-order valence-corrected chi connectivity index (χ2v) is 5.42. The summed E-state index contributed by atoms with van der Waals surface area (Å²) in [6, 6.07) is 7.22. The molecular formula is C14H12BrN3O2. The standard InChI is InChI=1S/C14H12BrN3O2/c15-10-3-9(5-17-6-10)7-18-12-2-1-11(16)4-13(12)20-8-14(18)19/h1-6H,7-8,16H2. The van der Waals surface area contributed by atoms with Gasteiger partial charge in [0.2, 0.25) is 0 Å². The number of carbonyl (C=O) groups is 1. The first-order valence-electron chi connectivity index (χ1n) is 6.05. The molecule has 1 aliphatic heterocycles. The third-order valence-electron chi connectivity index (χ3n) is 3.03. The lowest BCUT2D eigenvalue weighted by molar-refractivity contribution is -0.121. The van der Waals surface area contributed by atoms with Gasteiger partial charge in [-0.1, -0.05) is 0 Å². The van der Waals surface area contributed by atoms with Crippen molar-refractivity contribution < 1.29 is 9.53 Å². The fourth-order valence-electron chi connectivity index (χ4n) is 2.12. The summed E-state index contributed by atoms with van der Waals surface area (Å²) in [5.41, 5.74) is 8.02. The Morgan fingerprint density at radius 3 is 3.00 bits per heavy atom. The predicted molar refractivity (Wildman–Crippen MR) is 79.5 cm³/mol. The van der Waals surface area contributed by atoms with Crippen LogP contribution in [0.25, 0.3) is 0 Å². The van der Waals surface area contributed by atoms with Crippen molar-refractivity contribution >= 4 is 33.2 Å². The van der Waals surface area contributed by atoms with Crippen molar-refractivity contribution in [2.45, 2.75) is 6.54 Å². The van der Waals surface area contributed by atoms with E-state index in [-0.39, 0.29) is 12.5 Å². The monoisotopic (exact) mass is 333 g/mol. The summed E-state index contributed by atoms with van der Waals surface area (Å²) in [6.45, 7) is 0.476. The van der Waals surface area contributed by atoms with E-state index in [0.717, 1.165) is 15.7 Å². The van der Waals surface area contributed by atoms with Crippen molar-refractivity contribution in [3.8, 4) is 5.75 Å². The van der Waals surface area contributed by atoms with Crippen LogP contribution in [0.5, 0.6) is 5.75 Å². The molecule has 6 heteroatoms. The maximum absolute atomic E-state index is 12.1. The average molecular weight is 334 g/mol. The number of halogens is 1. The quantitative estimate of drug-likeness (QED) is 0.856. The Kier molecular flexibility index (Phi) is 3.31. The summed E-state index contributed by atoms with van der Waals surface area (Å²) >= 11 is 3.38. The van der Waals surface area contributed by atoms with Crippen LogP contribution < -0.4 is 15.4 Å². The van der Waals surface area contributed by atoms with Crippen LogP contribution in [0.4, 0.5) is 11.4 Å². The summed E-state index contributed by atoms with van der Waals surface area (Å²) < 4.78 is 6.29. The molecule has 5 nitrogen and oxygen atoms in total. The van der Waals surface area contributed by atoms with Crippen LogP contribution in [-0.2, 0) is 11.3 Å². The van der Waals surface area contributed by atoms with Crippen molar-refractivity contribution in [2.24, 2.45) is 0 Å².